The Labute approximate surface area is 60.9 Å². The van der Waals surface area contributed by atoms with Gasteiger partial charge in [-0.2, -0.15) is 0 Å². The van der Waals surface area contributed by atoms with Crippen LogP contribution in [0.2, 0.25) is 0 Å². The van der Waals surface area contributed by atoms with Crippen LogP contribution in [-0.2, 0) is 0 Å². The van der Waals surface area contributed by atoms with Crippen LogP contribution >= 0.6 is 0 Å². The molecule has 0 bridgehead atoms. The minimum absolute atomic E-state index is 0.237. The molecule has 0 fully saturated rings. The fourth-order valence-corrected chi connectivity index (χ4v) is 1.01. The molecule has 0 aliphatic carbocycles. The van der Waals surface area contributed by atoms with Crippen molar-refractivity contribution >= 4 is 10.9 Å². The Bertz CT molecular complexity index is 443. The Morgan fingerprint density at radius 3 is 2.91 bits per heavy atom. The number of nitrogens with one attached hydrogen (secondary N) is 2. The second-order valence-corrected chi connectivity index (χ2v) is 2.26. The van der Waals surface area contributed by atoms with Gasteiger partial charge in [0.15, 0.2) is 0 Å². The first kappa shape index (κ1) is 6.15. The van der Waals surface area contributed by atoms with Gasteiger partial charge < -0.3 is 9.97 Å². The van der Waals surface area contributed by atoms with E-state index in [2.05, 4.69) is 9.97 Å². The molecule has 2 heterocycles. The van der Waals surface area contributed by atoms with Crippen molar-refractivity contribution in [2.24, 2.45) is 0 Å². The van der Waals surface area contributed by atoms with E-state index in [1.54, 1.807) is 0 Å². The highest BCUT2D eigenvalue weighted by Crippen LogP contribution is 2.11. The van der Waals surface area contributed by atoms with E-state index in [1.807, 2.05) is 0 Å². The van der Waals surface area contributed by atoms with E-state index in [-0.39, 0.29) is 11.4 Å². The van der Waals surface area contributed by atoms with E-state index < -0.39 is 0 Å². The molecule has 0 unspecified atom stereocenters. The van der Waals surface area contributed by atoms with E-state index >= 15 is 0 Å². The molecular formula is C7H5FN2O. The summed E-state index contributed by atoms with van der Waals surface area (Å²) >= 11 is 0. The van der Waals surface area contributed by atoms with Gasteiger partial charge in [-0.1, -0.05) is 0 Å². The van der Waals surface area contributed by atoms with Crippen LogP contribution in [-0.4, -0.2) is 9.97 Å². The second-order valence-electron chi connectivity index (χ2n) is 2.26. The van der Waals surface area contributed by atoms with Crippen molar-refractivity contribution in [2.45, 2.75) is 0 Å². The van der Waals surface area contributed by atoms with E-state index in [4.69, 9.17) is 0 Å². The summed E-state index contributed by atoms with van der Waals surface area (Å²) in [6, 6.07) is 1.32. The average Bonchev–Trinajstić information content (AvgIpc) is 2.32. The Balaban J connectivity index is 2.96. The van der Waals surface area contributed by atoms with Crippen molar-refractivity contribution in [3.63, 3.8) is 0 Å². The molecule has 2 aromatic heterocycles. The van der Waals surface area contributed by atoms with E-state index in [9.17, 15) is 9.18 Å². The number of fused-ring (bicyclic) bond motifs is 1. The van der Waals surface area contributed by atoms with E-state index in [1.165, 1.54) is 18.5 Å². The minimum Gasteiger partial charge on any atom is -0.358 e. The van der Waals surface area contributed by atoms with Crippen molar-refractivity contribution in [2.75, 3.05) is 0 Å². The Kier molecular flexibility index (Phi) is 1.09. The van der Waals surface area contributed by atoms with Gasteiger partial charge in [-0.3, -0.25) is 4.79 Å². The lowest BCUT2D eigenvalue weighted by molar-refractivity contribution is 0.639. The first-order chi connectivity index (χ1) is 5.27. The maximum absolute atomic E-state index is 12.7. The molecule has 3 nitrogen and oxygen atoms in total. The molecule has 0 spiro atoms. The van der Waals surface area contributed by atoms with Crippen molar-refractivity contribution < 1.29 is 4.39 Å². The zero-order valence-electron chi connectivity index (χ0n) is 5.52. The van der Waals surface area contributed by atoms with Gasteiger partial charge in [-0.25, -0.2) is 4.39 Å². The number of rotatable bonds is 0. The molecule has 2 aromatic rings. The molecule has 0 aromatic carbocycles. The summed E-state index contributed by atoms with van der Waals surface area (Å²) in [5.41, 5.74) is 0.283. The van der Waals surface area contributed by atoms with Gasteiger partial charge >= 0.3 is 0 Å². The van der Waals surface area contributed by atoms with Gasteiger partial charge in [0.1, 0.15) is 5.82 Å². The predicted molar refractivity (Wildman–Crippen MR) is 38.9 cm³/mol. The number of pyridine rings is 1. The summed E-state index contributed by atoms with van der Waals surface area (Å²) in [6.07, 6.45) is 2.57. The molecule has 2 rings (SSSR count). The monoisotopic (exact) mass is 152 g/mol. The predicted octanol–water partition coefficient (Wildman–Crippen LogP) is 0.995. The quantitative estimate of drug-likeness (QED) is 0.581. The number of halogens is 1. The molecule has 0 saturated heterocycles. The molecule has 0 atom stereocenters. The van der Waals surface area contributed by atoms with Crippen LogP contribution < -0.4 is 5.56 Å². The maximum atomic E-state index is 12.7. The summed E-state index contributed by atoms with van der Waals surface area (Å²) in [5, 5.41) is 0.407. The number of aromatic amines is 2. The largest absolute Gasteiger partial charge is 0.358 e. The standard InChI is InChI=1S/C7H5FN2O/c8-5-3-9-6-1-7(11)10-2-4(5)6/h1-3,9H,(H,10,11). The molecule has 11 heavy (non-hydrogen) atoms. The molecule has 0 radical (unpaired) electrons. The highest BCUT2D eigenvalue weighted by Gasteiger charge is 2.00. The molecule has 0 aliphatic heterocycles. The summed E-state index contributed by atoms with van der Waals surface area (Å²) in [5.74, 6) is -0.351. The van der Waals surface area contributed by atoms with Gasteiger partial charge in [0.25, 0.3) is 0 Å². The SMILES string of the molecule is O=c1cc2[nH]cc(F)c2c[nH]1. The van der Waals surface area contributed by atoms with Gasteiger partial charge in [0, 0.05) is 18.5 Å². The van der Waals surface area contributed by atoms with Crippen LogP contribution in [0.25, 0.3) is 10.9 Å². The number of H-pyrrole nitrogens is 2. The fraction of sp³-hybridized carbons (Fsp3) is 0. The summed E-state index contributed by atoms with van der Waals surface area (Å²) in [6.45, 7) is 0. The third-order valence-electron chi connectivity index (χ3n) is 1.54. The van der Waals surface area contributed by atoms with E-state index in [0.29, 0.717) is 10.9 Å². The van der Waals surface area contributed by atoms with Crippen molar-refractivity contribution in [3.05, 3.63) is 34.6 Å². The van der Waals surface area contributed by atoms with Gasteiger partial charge in [-0.05, 0) is 0 Å². The van der Waals surface area contributed by atoms with Gasteiger partial charge in [0.05, 0.1) is 10.9 Å². The fourth-order valence-electron chi connectivity index (χ4n) is 1.01. The Hall–Kier alpha value is -1.58. The highest BCUT2D eigenvalue weighted by molar-refractivity contribution is 5.78. The van der Waals surface area contributed by atoms with Crippen LogP contribution in [0.5, 0.6) is 0 Å². The van der Waals surface area contributed by atoms with Gasteiger partial charge in [0.2, 0.25) is 5.56 Å². The highest BCUT2D eigenvalue weighted by atomic mass is 19.1. The topological polar surface area (TPSA) is 48.6 Å². The Morgan fingerprint density at radius 2 is 2.09 bits per heavy atom. The van der Waals surface area contributed by atoms with Crippen LogP contribution in [0, 0.1) is 5.82 Å². The molecule has 4 heteroatoms. The lowest BCUT2D eigenvalue weighted by Crippen LogP contribution is -2.01. The number of hydrogen-bond donors (Lipinski definition) is 2. The third-order valence-corrected chi connectivity index (χ3v) is 1.54. The molecule has 2 N–H and O–H groups in total. The summed E-state index contributed by atoms with van der Waals surface area (Å²) in [7, 11) is 0. The lowest BCUT2D eigenvalue weighted by atomic mass is 10.3. The third kappa shape index (κ3) is 0.832. The van der Waals surface area contributed by atoms with Crippen molar-refractivity contribution in [1.82, 2.24) is 9.97 Å². The molecular weight excluding hydrogens is 147 g/mol. The van der Waals surface area contributed by atoms with Crippen LogP contribution in [0.3, 0.4) is 0 Å². The zero-order chi connectivity index (χ0) is 7.84. The molecule has 56 valence electrons. The van der Waals surface area contributed by atoms with Crippen molar-refractivity contribution in [3.8, 4) is 0 Å². The first-order valence-electron chi connectivity index (χ1n) is 3.13. The molecule has 0 saturated carbocycles. The lowest BCUT2D eigenvalue weighted by Gasteiger charge is -1.85. The number of aromatic nitrogens is 2. The molecule has 0 amide bonds. The summed E-state index contributed by atoms with van der Waals surface area (Å²) in [4.78, 5) is 15.7. The second kappa shape index (κ2) is 1.95. The normalized spacial score (nSPS) is 10.6. The molecule has 0 aliphatic rings. The van der Waals surface area contributed by atoms with E-state index in [0.717, 1.165) is 0 Å². The van der Waals surface area contributed by atoms with Crippen LogP contribution in [0.1, 0.15) is 0 Å². The van der Waals surface area contributed by atoms with Gasteiger partial charge in [-0.15, -0.1) is 0 Å². The average molecular weight is 152 g/mol. The summed E-state index contributed by atoms with van der Waals surface area (Å²) < 4.78 is 12.7. The van der Waals surface area contributed by atoms with Crippen LogP contribution in [0.15, 0.2) is 23.3 Å². The van der Waals surface area contributed by atoms with Crippen molar-refractivity contribution in [1.29, 1.82) is 0 Å². The number of hydrogen-bond acceptors (Lipinski definition) is 1. The maximum Gasteiger partial charge on any atom is 0.250 e. The van der Waals surface area contributed by atoms with Crippen LogP contribution in [0.4, 0.5) is 4.39 Å². The first-order valence-corrected chi connectivity index (χ1v) is 3.13. The minimum atomic E-state index is -0.351. The smallest absolute Gasteiger partial charge is 0.250 e. The Morgan fingerprint density at radius 1 is 1.27 bits per heavy atom. The zero-order valence-corrected chi connectivity index (χ0v) is 5.52.